The molecule has 2 nitrogen and oxygen atoms in total. The van der Waals surface area contributed by atoms with Crippen molar-refractivity contribution in [3.05, 3.63) is 35.0 Å². The van der Waals surface area contributed by atoms with Gasteiger partial charge in [-0.3, -0.25) is 0 Å². The molecule has 1 heterocycles. The Hall–Kier alpha value is -1.28. The molecule has 2 rings (SSSR count). The molecule has 2 aromatic rings. The monoisotopic (exact) mass is 230 g/mol. The van der Waals surface area contributed by atoms with E-state index in [-0.39, 0.29) is 5.54 Å². The topological polar surface area (TPSA) is 17.0 Å². The van der Waals surface area contributed by atoms with Crippen molar-refractivity contribution in [2.24, 2.45) is 7.05 Å². The van der Waals surface area contributed by atoms with Crippen molar-refractivity contribution in [1.29, 1.82) is 0 Å². The largest absolute Gasteiger partial charge is 0.347 e. The second-order valence-corrected chi connectivity index (χ2v) is 5.37. The lowest BCUT2D eigenvalue weighted by molar-refractivity contribution is 0.444. The Kier molecular flexibility index (Phi) is 2.78. The molecule has 0 aliphatic carbocycles. The Morgan fingerprint density at radius 2 is 1.82 bits per heavy atom. The third kappa shape index (κ3) is 1.67. The summed E-state index contributed by atoms with van der Waals surface area (Å²) in [6.45, 7) is 8.85. The normalized spacial score (nSPS) is 12.4. The number of nitrogens with zero attached hydrogens (tertiary/aromatic N) is 1. The zero-order chi connectivity index (χ0) is 12.8. The molecule has 0 radical (unpaired) electrons. The molecule has 1 N–H and O–H groups in total. The second kappa shape index (κ2) is 3.88. The third-order valence-electron chi connectivity index (χ3n) is 3.96. The van der Waals surface area contributed by atoms with Crippen molar-refractivity contribution in [1.82, 2.24) is 9.88 Å². The second-order valence-electron chi connectivity index (χ2n) is 5.37. The summed E-state index contributed by atoms with van der Waals surface area (Å²) in [5.41, 5.74) is 5.43. The van der Waals surface area contributed by atoms with Crippen LogP contribution in [0.1, 0.15) is 30.7 Å². The number of nitrogens with one attached hydrogen (secondary N) is 1. The van der Waals surface area contributed by atoms with Crippen LogP contribution in [0.15, 0.2) is 18.2 Å². The van der Waals surface area contributed by atoms with Gasteiger partial charge in [-0.15, -0.1) is 0 Å². The van der Waals surface area contributed by atoms with Gasteiger partial charge in [0.1, 0.15) is 0 Å². The summed E-state index contributed by atoms with van der Waals surface area (Å²) >= 11 is 0. The minimum atomic E-state index is -0.00259. The summed E-state index contributed by atoms with van der Waals surface area (Å²) in [5.74, 6) is 0. The quantitative estimate of drug-likeness (QED) is 0.838. The van der Waals surface area contributed by atoms with Crippen LogP contribution in [0.5, 0.6) is 0 Å². The Morgan fingerprint density at radius 1 is 1.18 bits per heavy atom. The van der Waals surface area contributed by atoms with Crippen LogP contribution in [-0.2, 0) is 12.6 Å². The van der Waals surface area contributed by atoms with E-state index in [2.05, 4.69) is 62.8 Å². The summed E-state index contributed by atoms with van der Waals surface area (Å²) in [7, 11) is 4.17. The first kappa shape index (κ1) is 12.2. The highest BCUT2D eigenvalue weighted by molar-refractivity contribution is 5.89. The van der Waals surface area contributed by atoms with E-state index in [1.807, 2.05) is 7.05 Å². The van der Waals surface area contributed by atoms with Gasteiger partial charge in [0, 0.05) is 29.2 Å². The molecule has 1 aromatic carbocycles. The van der Waals surface area contributed by atoms with Crippen LogP contribution < -0.4 is 5.32 Å². The number of hydrogen-bond acceptors (Lipinski definition) is 1. The lowest BCUT2D eigenvalue weighted by Crippen LogP contribution is -2.33. The number of aryl methyl sites for hydroxylation is 2. The van der Waals surface area contributed by atoms with Crippen molar-refractivity contribution < 1.29 is 0 Å². The molecule has 0 saturated carbocycles. The van der Waals surface area contributed by atoms with Crippen molar-refractivity contribution in [3.63, 3.8) is 0 Å². The standard InChI is InChI=1S/C15H22N2/c1-10-8-7-9-12-13(15(3,4)16-5)11(2)17(6)14(10)12/h7-9,16H,1-6H3. The fourth-order valence-corrected chi connectivity index (χ4v) is 2.75. The van der Waals surface area contributed by atoms with Gasteiger partial charge >= 0.3 is 0 Å². The Bertz CT molecular complexity index is 562. The van der Waals surface area contributed by atoms with E-state index >= 15 is 0 Å². The molecule has 0 bridgehead atoms. The molecule has 0 aliphatic rings. The molecule has 1 aromatic heterocycles. The van der Waals surface area contributed by atoms with Crippen LogP contribution in [0.4, 0.5) is 0 Å². The van der Waals surface area contributed by atoms with Gasteiger partial charge in [0.15, 0.2) is 0 Å². The van der Waals surface area contributed by atoms with Gasteiger partial charge in [-0.2, -0.15) is 0 Å². The van der Waals surface area contributed by atoms with Gasteiger partial charge < -0.3 is 9.88 Å². The maximum atomic E-state index is 3.41. The van der Waals surface area contributed by atoms with Crippen molar-refractivity contribution in [2.45, 2.75) is 33.2 Å². The van der Waals surface area contributed by atoms with Crippen molar-refractivity contribution in [2.75, 3.05) is 7.05 Å². The number of benzene rings is 1. The molecule has 0 unspecified atom stereocenters. The summed E-state index contributed by atoms with van der Waals surface area (Å²) in [6, 6.07) is 6.55. The molecule has 0 atom stereocenters. The lowest BCUT2D eigenvalue weighted by Gasteiger charge is -2.25. The first-order chi connectivity index (χ1) is 7.90. The molecule has 92 valence electrons. The van der Waals surface area contributed by atoms with Crippen LogP contribution in [0, 0.1) is 13.8 Å². The van der Waals surface area contributed by atoms with Crippen LogP contribution in [0.2, 0.25) is 0 Å². The number of rotatable bonds is 2. The molecule has 0 saturated heterocycles. The van der Waals surface area contributed by atoms with Crippen LogP contribution in [0.3, 0.4) is 0 Å². The van der Waals surface area contributed by atoms with Crippen molar-refractivity contribution >= 4 is 10.9 Å². The van der Waals surface area contributed by atoms with Gasteiger partial charge in [-0.25, -0.2) is 0 Å². The highest BCUT2D eigenvalue weighted by Gasteiger charge is 2.26. The number of hydrogen-bond donors (Lipinski definition) is 1. The van der Waals surface area contributed by atoms with Crippen molar-refractivity contribution in [3.8, 4) is 0 Å². The van der Waals surface area contributed by atoms with E-state index in [9.17, 15) is 0 Å². The maximum absolute atomic E-state index is 3.41. The lowest BCUT2D eigenvalue weighted by atomic mass is 9.91. The summed E-state index contributed by atoms with van der Waals surface area (Å²) in [6.07, 6.45) is 0. The zero-order valence-electron chi connectivity index (χ0n) is 11.7. The first-order valence-electron chi connectivity index (χ1n) is 6.14. The van der Waals surface area contributed by atoms with Gasteiger partial charge in [0.2, 0.25) is 0 Å². The smallest absolute Gasteiger partial charge is 0.0513 e. The zero-order valence-corrected chi connectivity index (χ0v) is 11.7. The van der Waals surface area contributed by atoms with E-state index in [4.69, 9.17) is 0 Å². The molecule has 2 heteroatoms. The van der Waals surface area contributed by atoms with Gasteiger partial charge in [-0.1, -0.05) is 18.2 Å². The number of aromatic nitrogens is 1. The maximum Gasteiger partial charge on any atom is 0.0513 e. The summed E-state index contributed by atoms with van der Waals surface area (Å²) < 4.78 is 2.30. The minimum Gasteiger partial charge on any atom is -0.347 e. The molecule has 17 heavy (non-hydrogen) atoms. The van der Waals surface area contributed by atoms with Gasteiger partial charge in [0.25, 0.3) is 0 Å². The summed E-state index contributed by atoms with van der Waals surface area (Å²) in [4.78, 5) is 0. The average molecular weight is 230 g/mol. The highest BCUT2D eigenvalue weighted by Crippen LogP contribution is 2.34. The Morgan fingerprint density at radius 3 is 2.41 bits per heavy atom. The van der Waals surface area contributed by atoms with Gasteiger partial charge in [0.05, 0.1) is 5.52 Å². The molecular formula is C15H22N2. The van der Waals surface area contributed by atoms with Crippen LogP contribution in [0.25, 0.3) is 10.9 Å². The highest BCUT2D eigenvalue weighted by atomic mass is 15.0. The molecule has 0 aliphatic heterocycles. The van der Waals surface area contributed by atoms with Crippen LogP contribution >= 0.6 is 0 Å². The van der Waals surface area contributed by atoms with Gasteiger partial charge in [-0.05, 0) is 40.3 Å². The average Bonchev–Trinajstić information content (AvgIpc) is 2.53. The van der Waals surface area contributed by atoms with E-state index in [0.29, 0.717) is 0 Å². The number of para-hydroxylation sites is 1. The molecule has 0 spiro atoms. The Balaban J connectivity index is 2.90. The predicted octanol–water partition coefficient (Wildman–Crippen LogP) is 3.25. The minimum absolute atomic E-state index is 0.00259. The van der Waals surface area contributed by atoms with E-state index in [0.717, 1.165) is 0 Å². The predicted molar refractivity (Wildman–Crippen MR) is 74.5 cm³/mol. The molecule has 0 amide bonds. The molecular weight excluding hydrogens is 208 g/mol. The third-order valence-corrected chi connectivity index (χ3v) is 3.96. The first-order valence-corrected chi connectivity index (χ1v) is 6.14. The Labute approximate surface area is 104 Å². The molecule has 0 fully saturated rings. The SMILES string of the molecule is CNC(C)(C)c1c(C)n(C)c2c(C)cccc12. The fraction of sp³-hybridized carbons (Fsp3) is 0.467. The number of fused-ring (bicyclic) bond motifs is 1. The van der Waals surface area contributed by atoms with E-state index in [1.165, 1.54) is 27.7 Å². The van der Waals surface area contributed by atoms with Crippen LogP contribution in [-0.4, -0.2) is 11.6 Å². The van der Waals surface area contributed by atoms with E-state index in [1.54, 1.807) is 0 Å². The van der Waals surface area contributed by atoms with E-state index < -0.39 is 0 Å². The summed E-state index contributed by atoms with van der Waals surface area (Å²) in [5, 5.41) is 4.78. The fourth-order valence-electron chi connectivity index (χ4n) is 2.75.